The number of nitrogens with zero attached hydrogens (tertiary/aromatic N) is 1. The molecular weight excluding hydrogens is 435 g/mol. The number of nitrogens with two attached hydrogens (primary N) is 1. The van der Waals surface area contributed by atoms with E-state index in [1.54, 1.807) is 12.1 Å². The van der Waals surface area contributed by atoms with Crippen LogP contribution in [0.2, 0.25) is 0 Å². The lowest BCUT2D eigenvalue weighted by Gasteiger charge is -2.14. The lowest BCUT2D eigenvalue weighted by atomic mass is 10.0. The van der Waals surface area contributed by atoms with Crippen LogP contribution >= 0.6 is 24.8 Å². The maximum absolute atomic E-state index is 12.2. The highest BCUT2D eigenvalue weighted by Crippen LogP contribution is 2.13. The van der Waals surface area contributed by atoms with Crippen LogP contribution in [-0.4, -0.2) is 42.9 Å². The topological polar surface area (TPSA) is 87.5 Å². The molecule has 1 atom stereocenters. The van der Waals surface area contributed by atoms with Crippen LogP contribution in [-0.2, 0) is 11.3 Å². The molecule has 2 aromatic carbocycles. The number of carbonyl (C=O) groups excluding carboxylic acids is 2. The highest BCUT2D eigenvalue weighted by atomic mass is 35.5. The summed E-state index contributed by atoms with van der Waals surface area (Å²) in [6.07, 6.45) is 2.75. The summed E-state index contributed by atoms with van der Waals surface area (Å²) in [4.78, 5) is 26.8. The summed E-state index contributed by atoms with van der Waals surface area (Å²) in [5.41, 5.74) is 8.61. The molecule has 1 aliphatic rings. The number of carbonyl (C=O) groups is 2. The normalized spacial score (nSPS) is 14.1. The van der Waals surface area contributed by atoms with Crippen molar-refractivity contribution < 1.29 is 9.59 Å². The van der Waals surface area contributed by atoms with Gasteiger partial charge in [-0.3, -0.25) is 9.59 Å². The van der Waals surface area contributed by atoms with Gasteiger partial charge in [-0.25, -0.2) is 0 Å². The maximum atomic E-state index is 12.2. The number of halogens is 2. The lowest BCUT2D eigenvalue weighted by Crippen LogP contribution is -2.33. The van der Waals surface area contributed by atoms with Crippen molar-refractivity contribution >= 4 is 36.6 Å². The minimum absolute atomic E-state index is 0. The van der Waals surface area contributed by atoms with E-state index in [1.165, 1.54) is 12.8 Å². The van der Waals surface area contributed by atoms with Gasteiger partial charge in [-0.05, 0) is 49.2 Å². The van der Waals surface area contributed by atoms with E-state index in [0.29, 0.717) is 18.7 Å². The lowest BCUT2D eigenvalue weighted by molar-refractivity contribution is -0.121. The number of benzene rings is 2. The third kappa shape index (κ3) is 8.87. The van der Waals surface area contributed by atoms with Crippen molar-refractivity contribution in [1.29, 1.82) is 0 Å². The molecule has 1 fully saturated rings. The highest BCUT2D eigenvalue weighted by Gasteiger charge is 2.13. The minimum Gasteiger partial charge on any atom is -0.352 e. The predicted molar refractivity (Wildman–Crippen MR) is 129 cm³/mol. The fourth-order valence-electron chi connectivity index (χ4n) is 3.50. The Balaban J connectivity index is 0.00000240. The summed E-state index contributed by atoms with van der Waals surface area (Å²) in [7, 11) is 0. The van der Waals surface area contributed by atoms with Crippen molar-refractivity contribution in [3.05, 3.63) is 71.3 Å². The van der Waals surface area contributed by atoms with Crippen LogP contribution in [0.5, 0.6) is 0 Å². The fourth-order valence-corrected chi connectivity index (χ4v) is 3.50. The Kier molecular flexibility index (Phi) is 12.2. The van der Waals surface area contributed by atoms with Gasteiger partial charge in [-0.2, -0.15) is 0 Å². The molecule has 31 heavy (non-hydrogen) atoms. The Labute approximate surface area is 196 Å². The molecule has 2 aromatic rings. The van der Waals surface area contributed by atoms with Crippen molar-refractivity contribution in [1.82, 2.24) is 15.5 Å². The van der Waals surface area contributed by atoms with Crippen LogP contribution < -0.4 is 16.4 Å². The van der Waals surface area contributed by atoms with Crippen LogP contribution in [0.25, 0.3) is 0 Å². The second-order valence-electron chi connectivity index (χ2n) is 7.50. The smallest absolute Gasteiger partial charge is 0.251 e. The van der Waals surface area contributed by atoms with Gasteiger partial charge in [0.15, 0.2) is 0 Å². The number of nitrogens with one attached hydrogen (secondary N) is 2. The maximum Gasteiger partial charge on any atom is 0.251 e. The van der Waals surface area contributed by atoms with E-state index in [9.17, 15) is 9.59 Å². The molecule has 1 unspecified atom stereocenters. The molecule has 170 valence electrons. The quantitative estimate of drug-likeness (QED) is 0.529. The first-order chi connectivity index (χ1) is 14.1. The molecule has 0 aliphatic carbocycles. The molecule has 0 bridgehead atoms. The Hall–Kier alpha value is -2.12. The zero-order chi connectivity index (χ0) is 20.5. The number of hydrogen-bond donors (Lipinski definition) is 3. The second-order valence-corrected chi connectivity index (χ2v) is 7.50. The van der Waals surface area contributed by atoms with Crippen LogP contribution in [0.15, 0.2) is 54.6 Å². The van der Waals surface area contributed by atoms with Crippen molar-refractivity contribution in [2.45, 2.75) is 31.8 Å². The molecule has 1 heterocycles. The van der Waals surface area contributed by atoms with Crippen molar-refractivity contribution in [2.24, 2.45) is 5.73 Å². The van der Waals surface area contributed by atoms with Gasteiger partial charge in [0.2, 0.25) is 5.91 Å². The number of rotatable bonds is 9. The monoisotopic (exact) mass is 466 g/mol. The van der Waals surface area contributed by atoms with E-state index >= 15 is 0 Å². The van der Waals surface area contributed by atoms with E-state index in [4.69, 9.17) is 5.73 Å². The largest absolute Gasteiger partial charge is 0.352 e. The predicted octanol–water partition coefficient (Wildman–Crippen LogP) is 3.06. The van der Waals surface area contributed by atoms with Gasteiger partial charge >= 0.3 is 0 Å². The Morgan fingerprint density at radius 3 is 2.23 bits per heavy atom. The Morgan fingerprint density at radius 1 is 0.935 bits per heavy atom. The van der Waals surface area contributed by atoms with Crippen molar-refractivity contribution in [2.75, 3.05) is 26.2 Å². The summed E-state index contributed by atoms with van der Waals surface area (Å²) in [5.74, 6) is -0.154. The Bertz CT molecular complexity index is 797. The van der Waals surface area contributed by atoms with Crippen LogP contribution in [0.1, 0.15) is 46.8 Å². The van der Waals surface area contributed by atoms with Crippen LogP contribution in [0, 0.1) is 0 Å². The van der Waals surface area contributed by atoms with E-state index in [0.717, 1.165) is 30.8 Å². The summed E-state index contributed by atoms with van der Waals surface area (Å²) < 4.78 is 0. The summed E-state index contributed by atoms with van der Waals surface area (Å²) in [5, 5.41) is 5.86. The van der Waals surface area contributed by atoms with Crippen molar-refractivity contribution in [3.63, 3.8) is 0 Å². The molecule has 8 heteroatoms. The molecule has 6 nitrogen and oxygen atoms in total. The zero-order valence-electron chi connectivity index (χ0n) is 17.6. The fraction of sp³-hybridized carbons (Fsp3) is 0.391. The summed E-state index contributed by atoms with van der Waals surface area (Å²) >= 11 is 0. The number of likely N-dealkylation sites (tertiary alicyclic amines) is 1. The molecule has 3 rings (SSSR count). The van der Waals surface area contributed by atoms with Gasteiger partial charge in [-0.15, -0.1) is 24.8 Å². The Morgan fingerprint density at radius 2 is 1.58 bits per heavy atom. The molecule has 1 saturated heterocycles. The molecule has 0 radical (unpaired) electrons. The first-order valence-corrected chi connectivity index (χ1v) is 10.3. The summed E-state index contributed by atoms with van der Waals surface area (Å²) in [6, 6.07) is 16.6. The third-order valence-electron chi connectivity index (χ3n) is 5.25. The first-order valence-electron chi connectivity index (χ1n) is 10.3. The van der Waals surface area contributed by atoms with E-state index in [-0.39, 0.29) is 49.1 Å². The standard InChI is InChI=1S/C23H30N4O2.2ClH/c24-21(19-6-2-1-3-7-19)16-22(28)26-17-18-8-10-20(11-9-18)23(29)25-12-15-27-13-4-5-14-27;;/h1-3,6-11,21H,4-5,12-17,24H2,(H,25,29)(H,26,28);2*1H. The zero-order valence-corrected chi connectivity index (χ0v) is 19.2. The first kappa shape index (κ1) is 26.9. The third-order valence-corrected chi connectivity index (χ3v) is 5.25. The van der Waals surface area contributed by atoms with Gasteiger partial charge in [0, 0.05) is 37.7 Å². The number of amides is 2. The van der Waals surface area contributed by atoms with E-state index in [2.05, 4.69) is 15.5 Å². The molecule has 0 aromatic heterocycles. The SMILES string of the molecule is Cl.Cl.NC(CC(=O)NCc1ccc(C(=O)NCCN2CCCC2)cc1)c1ccccc1. The molecule has 1 aliphatic heterocycles. The molecular formula is C23H32Cl2N4O2. The summed E-state index contributed by atoms with van der Waals surface area (Å²) in [6.45, 7) is 4.25. The number of hydrogen-bond acceptors (Lipinski definition) is 4. The van der Waals surface area contributed by atoms with Crippen LogP contribution in [0.3, 0.4) is 0 Å². The molecule has 2 amide bonds. The molecule has 0 saturated carbocycles. The van der Waals surface area contributed by atoms with Gasteiger partial charge in [-0.1, -0.05) is 42.5 Å². The van der Waals surface area contributed by atoms with Gasteiger partial charge in [0.25, 0.3) is 5.91 Å². The van der Waals surface area contributed by atoms with E-state index < -0.39 is 0 Å². The molecule has 4 N–H and O–H groups in total. The van der Waals surface area contributed by atoms with Crippen molar-refractivity contribution in [3.8, 4) is 0 Å². The van der Waals surface area contributed by atoms with Crippen LogP contribution in [0.4, 0.5) is 0 Å². The molecule has 0 spiro atoms. The van der Waals surface area contributed by atoms with Gasteiger partial charge in [0.05, 0.1) is 0 Å². The highest BCUT2D eigenvalue weighted by molar-refractivity contribution is 5.94. The van der Waals surface area contributed by atoms with Gasteiger partial charge < -0.3 is 21.3 Å². The average Bonchev–Trinajstić information content (AvgIpc) is 3.26. The minimum atomic E-state index is -0.317. The average molecular weight is 467 g/mol. The second kappa shape index (κ2) is 14.0. The van der Waals surface area contributed by atoms with Gasteiger partial charge in [0.1, 0.15) is 0 Å². The van der Waals surface area contributed by atoms with E-state index in [1.807, 2.05) is 42.5 Å².